The van der Waals surface area contributed by atoms with Crippen LogP contribution in [0.1, 0.15) is 20.3 Å². The van der Waals surface area contributed by atoms with Crippen LogP contribution in [0.2, 0.25) is 0 Å². The predicted octanol–water partition coefficient (Wildman–Crippen LogP) is 0.211. The Morgan fingerprint density at radius 2 is 2.00 bits per heavy atom. The maximum absolute atomic E-state index is 12.5. The number of alkyl halides is 3. The molecule has 3 fully saturated rings. The van der Waals surface area contributed by atoms with Gasteiger partial charge in [-0.15, -0.1) is 0 Å². The van der Waals surface area contributed by atoms with Crippen molar-refractivity contribution in [2.24, 2.45) is 5.92 Å². The van der Waals surface area contributed by atoms with Crippen molar-refractivity contribution in [1.29, 1.82) is 0 Å². The summed E-state index contributed by atoms with van der Waals surface area (Å²) in [5, 5.41) is 13.6. The Bertz CT molecular complexity index is 680. The SMILES string of the molecule is CO[C@H]1O[C@@H]2C(=O)O[C@@H]3C1[C@@]2(NC(=O)C(Cl)(Cl)Cl)C[C@H](OC(C)=O)[C@@]3(C)O. The quantitative estimate of drug-likeness (QED) is 0.466. The van der Waals surface area contributed by atoms with Gasteiger partial charge in [0.15, 0.2) is 12.4 Å². The molecule has 9 nitrogen and oxygen atoms in total. The lowest BCUT2D eigenvalue weighted by Gasteiger charge is -2.56. The van der Waals surface area contributed by atoms with Gasteiger partial charge in [0, 0.05) is 20.5 Å². The van der Waals surface area contributed by atoms with Gasteiger partial charge < -0.3 is 29.4 Å². The number of nitrogens with one attached hydrogen (secondary N) is 1. The lowest BCUT2D eigenvalue weighted by atomic mass is 9.61. The molecule has 0 aromatic heterocycles. The third-order valence-corrected chi connectivity index (χ3v) is 5.82. The molecule has 27 heavy (non-hydrogen) atoms. The van der Waals surface area contributed by atoms with Crippen molar-refractivity contribution in [2.45, 2.75) is 59.8 Å². The minimum Gasteiger partial charge on any atom is -0.459 e. The van der Waals surface area contributed by atoms with Crippen LogP contribution in [0.5, 0.6) is 0 Å². The first-order valence-electron chi connectivity index (χ1n) is 8.02. The van der Waals surface area contributed by atoms with Gasteiger partial charge in [0.25, 0.3) is 9.70 Å². The van der Waals surface area contributed by atoms with E-state index in [4.69, 9.17) is 53.8 Å². The van der Waals surface area contributed by atoms with E-state index < -0.39 is 63.3 Å². The Balaban J connectivity index is 2.10. The molecule has 7 atom stereocenters. The Kier molecular flexibility index (Phi) is 5.11. The Hall–Kier alpha value is -0.840. The topological polar surface area (TPSA) is 120 Å². The Labute approximate surface area is 169 Å². The van der Waals surface area contributed by atoms with Crippen molar-refractivity contribution in [1.82, 2.24) is 5.32 Å². The first-order valence-corrected chi connectivity index (χ1v) is 9.15. The molecule has 1 unspecified atom stereocenters. The molecule has 1 amide bonds. The standard InChI is InChI=1S/C15H18Cl3NO8/c1-5(20)25-6-4-14(19-12(22)15(16,17)18)7-8(13(6,2)23)26-10(21)9(14)27-11(7)24-3/h6-9,11,23H,4H2,1-3H3,(H,19,22)/t6-,7?,8+,9+,11-,13+,14-/m0/s1. The highest BCUT2D eigenvalue weighted by Gasteiger charge is 2.75. The van der Waals surface area contributed by atoms with Crippen molar-refractivity contribution < 1.29 is 38.4 Å². The molecule has 3 rings (SSSR count). The zero-order valence-electron chi connectivity index (χ0n) is 14.5. The van der Waals surface area contributed by atoms with E-state index in [-0.39, 0.29) is 6.42 Å². The maximum Gasteiger partial charge on any atom is 0.338 e. The molecule has 0 aromatic carbocycles. The van der Waals surface area contributed by atoms with Crippen LogP contribution in [0.15, 0.2) is 0 Å². The Morgan fingerprint density at radius 1 is 1.37 bits per heavy atom. The third kappa shape index (κ3) is 3.18. The van der Waals surface area contributed by atoms with Gasteiger partial charge in [0.2, 0.25) is 0 Å². The number of rotatable bonds is 3. The van der Waals surface area contributed by atoms with Gasteiger partial charge in [-0.05, 0) is 6.92 Å². The zero-order valence-corrected chi connectivity index (χ0v) is 16.8. The summed E-state index contributed by atoms with van der Waals surface area (Å²) in [7, 11) is 1.34. The lowest BCUT2D eigenvalue weighted by molar-refractivity contribution is -0.245. The van der Waals surface area contributed by atoms with Gasteiger partial charge in [-0.3, -0.25) is 9.59 Å². The fourth-order valence-corrected chi connectivity index (χ4v) is 4.31. The fraction of sp³-hybridized carbons (Fsp3) is 0.800. The molecule has 0 aromatic rings. The highest BCUT2D eigenvalue weighted by molar-refractivity contribution is 6.76. The van der Waals surface area contributed by atoms with Crippen molar-refractivity contribution in [3.05, 3.63) is 0 Å². The van der Waals surface area contributed by atoms with Crippen molar-refractivity contribution in [2.75, 3.05) is 7.11 Å². The summed E-state index contributed by atoms with van der Waals surface area (Å²) < 4.78 is 19.2. The second-order valence-corrected chi connectivity index (χ2v) is 9.30. The molecule has 2 N–H and O–H groups in total. The molecule has 1 saturated carbocycles. The monoisotopic (exact) mass is 445 g/mol. The summed E-state index contributed by atoms with van der Waals surface area (Å²) in [6.07, 6.45) is -4.79. The van der Waals surface area contributed by atoms with E-state index in [0.29, 0.717) is 0 Å². The van der Waals surface area contributed by atoms with Gasteiger partial charge in [0.1, 0.15) is 17.8 Å². The number of aliphatic hydroxyl groups is 1. The number of hydrogen-bond donors (Lipinski definition) is 2. The number of esters is 2. The van der Waals surface area contributed by atoms with E-state index in [1.165, 1.54) is 21.0 Å². The smallest absolute Gasteiger partial charge is 0.338 e. The van der Waals surface area contributed by atoms with E-state index in [1.807, 2.05) is 0 Å². The number of methoxy groups -OCH3 is 1. The van der Waals surface area contributed by atoms with Crippen molar-refractivity contribution >= 4 is 52.6 Å². The summed E-state index contributed by atoms with van der Waals surface area (Å²) in [5.41, 5.74) is -3.24. The summed E-state index contributed by atoms with van der Waals surface area (Å²) in [4.78, 5) is 36.4. The Morgan fingerprint density at radius 3 is 2.52 bits per heavy atom. The van der Waals surface area contributed by atoms with Crippen LogP contribution in [0, 0.1) is 5.92 Å². The second kappa shape index (κ2) is 6.60. The number of hydrogen-bond acceptors (Lipinski definition) is 8. The predicted molar refractivity (Wildman–Crippen MR) is 91.0 cm³/mol. The molecule has 12 heteroatoms. The molecule has 4 bridgehead atoms. The number of amides is 1. The summed E-state index contributed by atoms with van der Waals surface area (Å²) in [5.74, 6) is -3.31. The van der Waals surface area contributed by atoms with Crippen LogP contribution in [-0.2, 0) is 33.3 Å². The minimum absolute atomic E-state index is 0.174. The maximum atomic E-state index is 12.5. The molecular formula is C15H18Cl3NO8. The number of carbonyl (C=O) groups excluding carboxylic acids is 3. The van der Waals surface area contributed by atoms with Crippen LogP contribution in [0.3, 0.4) is 0 Å². The average Bonchev–Trinajstić information content (AvgIpc) is 2.73. The highest BCUT2D eigenvalue weighted by atomic mass is 35.6. The average molecular weight is 447 g/mol. The molecule has 0 spiro atoms. The van der Waals surface area contributed by atoms with Crippen LogP contribution < -0.4 is 5.32 Å². The molecule has 1 aliphatic carbocycles. The van der Waals surface area contributed by atoms with Gasteiger partial charge in [-0.2, -0.15) is 0 Å². The third-order valence-electron chi connectivity index (χ3n) is 5.30. The first kappa shape index (κ1) is 20.9. The lowest BCUT2D eigenvalue weighted by Crippen LogP contribution is -2.78. The van der Waals surface area contributed by atoms with Gasteiger partial charge in [-0.25, -0.2) is 4.79 Å². The summed E-state index contributed by atoms with van der Waals surface area (Å²) >= 11 is 17.0. The molecule has 2 heterocycles. The van der Waals surface area contributed by atoms with E-state index >= 15 is 0 Å². The van der Waals surface area contributed by atoms with Gasteiger partial charge in [0.05, 0.1) is 11.5 Å². The van der Waals surface area contributed by atoms with E-state index in [1.54, 1.807) is 0 Å². The van der Waals surface area contributed by atoms with Crippen LogP contribution >= 0.6 is 34.8 Å². The molecule has 0 radical (unpaired) electrons. The fourth-order valence-electron chi connectivity index (χ4n) is 4.16. The van der Waals surface area contributed by atoms with E-state index in [0.717, 1.165) is 0 Å². The molecule has 2 saturated heterocycles. The summed E-state index contributed by atoms with van der Waals surface area (Å²) in [6, 6.07) is 0. The minimum atomic E-state index is -2.31. The molecule has 3 aliphatic rings. The van der Waals surface area contributed by atoms with Crippen LogP contribution in [0.25, 0.3) is 0 Å². The number of carbonyl (C=O) groups is 3. The first-order chi connectivity index (χ1) is 12.3. The number of halogens is 3. The van der Waals surface area contributed by atoms with E-state index in [9.17, 15) is 19.5 Å². The largest absolute Gasteiger partial charge is 0.459 e. The van der Waals surface area contributed by atoms with Crippen LogP contribution in [-0.4, -0.2) is 69.6 Å². The van der Waals surface area contributed by atoms with E-state index in [2.05, 4.69) is 5.32 Å². The molecule has 152 valence electrons. The second-order valence-electron chi connectivity index (χ2n) is 7.02. The molecular weight excluding hydrogens is 429 g/mol. The molecule has 2 aliphatic heterocycles. The normalized spacial score (nSPS) is 43.1. The number of ether oxygens (including phenoxy) is 4. The zero-order chi connectivity index (χ0) is 20.4. The highest BCUT2D eigenvalue weighted by Crippen LogP contribution is 2.55. The van der Waals surface area contributed by atoms with Crippen molar-refractivity contribution in [3.63, 3.8) is 0 Å². The van der Waals surface area contributed by atoms with Gasteiger partial charge in [-0.1, -0.05) is 34.8 Å². The van der Waals surface area contributed by atoms with Crippen LogP contribution in [0.4, 0.5) is 0 Å². The van der Waals surface area contributed by atoms with Gasteiger partial charge >= 0.3 is 11.9 Å². The summed E-state index contributed by atoms with van der Waals surface area (Å²) in [6.45, 7) is 2.53. The van der Waals surface area contributed by atoms with Crippen molar-refractivity contribution in [3.8, 4) is 0 Å².